The lowest BCUT2D eigenvalue weighted by Crippen LogP contribution is -2.30. The molecule has 6 nitrogen and oxygen atoms in total. The molecule has 2 N–H and O–H groups in total. The highest BCUT2D eigenvalue weighted by atomic mass is 35.5. The van der Waals surface area contributed by atoms with Gasteiger partial charge in [-0.25, -0.2) is 13.8 Å². The van der Waals surface area contributed by atoms with E-state index in [0.29, 0.717) is 16.9 Å². The second-order valence-corrected chi connectivity index (χ2v) is 6.81. The summed E-state index contributed by atoms with van der Waals surface area (Å²) in [6, 6.07) is 9.18. The molecule has 0 radical (unpaired) electrons. The first-order valence-corrected chi connectivity index (χ1v) is 8.97. The molecule has 0 aliphatic heterocycles. The van der Waals surface area contributed by atoms with E-state index in [0.717, 1.165) is 10.6 Å². The van der Waals surface area contributed by atoms with Gasteiger partial charge in [-0.2, -0.15) is 0 Å². The second kappa shape index (κ2) is 8.40. The number of aromatic nitrogens is 2. The fraction of sp³-hybridized carbons (Fsp3) is 0.150. The molecule has 0 aliphatic carbocycles. The maximum Gasteiger partial charge on any atom is 0.255 e. The van der Waals surface area contributed by atoms with Crippen molar-refractivity contribution < 1.29 is 13.6 Å². The van der Waals surface area contributed by atoms with Crippen LogP contribution in [0.25, 0.3) is 0 Å². The van der Waals surface area contributed by atoms with Gasteiger partial charge < -0.3 is 10.6 Å². The number of nitrogens with zero attached hydrogens (tertiary/aromatic N) is 2. The predicted octanol–water partition coefficient (Wildman–Crippen LogP) is 4.17. The van der Waals surface area contributed by atoms with Crippen LogP contribution in [0.15, 0.2) is 47.3 Å². The third-order valence-corrected chi connectivity index (χ3v) is 4.38. The van der Waals surface area contributed by atoms with Crippen molar-refractivity contribution in [3.63, 3.8) is 0 Å². The molecule has 29 heavy (non-hydrogen) atoms. The van der Waals surface area contributed by atoms with Gasteiger partial charge in [0.1, 0.15) is 18.2 Å². The quantitative estimate of drug-likeness (QED) is 0.652. The van der Waals surface area contributed by atoms with E-state index in [4.69, 9.17) is 11.6 Å². The Labute approximate surface area is 170 Å². The van der Waals surface area contributed by atoms with E-state index in [9.17, 15) is 18.4 Å². The molecule has 1 aromatic heterocycles. The lowest BCUT2D eigenvalue weighted by molar-refractivity contribution is -0.116. The number of halogens is 3. The average Bonchev–Trinajstić information content (AvgIpc) is 2.64. The van der Waals surface area contributed by atoms with Crippen LogP contribution in [0.3, 0.4) is 0 Å². The number of benzene rings is 2. The van der Waals surface area contributed by atoms with Crippen LogP contribution in [-0.4, -0.2) is 15.5 Å². The number of hydrogen-bond acceptors (Lipinski definition) is 4. The number of hydrogen-bond donors (Lipinski definition) is 2. The number of amides is 1. The molecule has 0 aliphatic rings. The maximum absolute atomic E-state index is 13.5. The Morgan fingerprint density at radius 1 is 1.14 bits per heavy atom. The highest BCUT2D eigenvalue weighted by Gasteiger charge is 2.14. The van der Waals surface area contributed by atoms with Gasteiger partial charge in [0, 0.05) is 17.4 Å². The van der Waals surface area contributed by atoms with Gasteiger partial charge >= 0.3 is 0 Å². The van der Waals surface area contributed by atoms with Crippen molar-refractivity contribution in [2.75, 3.05) is 10.6 Å². The fourth-order valence-electron chi connectivity index (χ4n) is 2.65. The fourth-order valence-corrected chi connectivity index (χ4v) is 2.81. The molecule has 0 spiro atoms. The Morgan fingerprint density at radius 3 is 2.62 bits per heavy atom. The summed E-state index contributed by atoms with van der Waals surface area (Å²) < 4.78 is 28.0. The lowest BCUT2D eigenvalue weighted by atomic mass is 10.2. The van der Waals surface area contributed by atoms with E-state index in [1.165, 1.54) is 30.3 Å². The van der Waals surface area contributed by atoms with E-state index in [-0.39, 0.29) is 29.0 Å². The SMILES string of the molecule is Cc1cc(=O)n(CC(=O)Nc2cc(F)ccc2Cl)c(Nc2ccc(F)c(C)c2)n1. The number of carbonyl (C=O) groups excluding carboxylic acids is 1. The zero-order chi connectivity index (χ0) is 21.1. The third-order valence-electron chi connectivity index (χ3n) is 4.05. The normalized spacial score (nSPS) is 10.7. The van der Waals surface area contributed by atoms with Crippen LogP contribution in [0, 0.1) is 25.5 Å². The van der Waals surface area contributed by atoms with Gasteiger partial charge in [0.05, 0.1) is 10.7 Å². The summed E-state index contributed by atoms with van der Waals surface area (Å²) in [4.78, 5) is 29.1. The van der Waals surface area contributed by atoms with E-state index >= 15 is 0 Å². The number of nitrogens with one attached hydrogen (secondary N) is 2. The molecule has 0 bridgehead atoms. The van der Waals surface area contributed by atoms with Gasteiger partial charge in [-0.3, -0.25) is 14.2 Å². The molecule has 0 saturated heterocycles. The first-order valence-electron chi connectivity index (χ1n) is 8.59. The summed E-state index contributed by atoms with van der Waals surface area (Å²) >= 11 is 5.96. The van der Waals surface area contributed by atoms with Crippen molar-refractivity contribution >= 4 is 34.8 Å². The van der Waals surface area contributed by atoms with Crippen LogP contribution in [0.5, 0.6) is 0 Å². The summed E-state index contributed by atoms with van der Waals surface area (Å²) in [5.41, 5.74) is 0.993. The number of carbonyl (C=O) groups is 1. The van der Waals surface area contributed by atoms with Gasteiger partial charge in [0.15, 0.2) is 0 Å². The molecular weight excluding hydrogens is 402 g/mol. The Kier molecular flexibility index (Phi) is 5.93. The highest BCUT2D eigenvalue weighted by molar-refractivity contribution is 6.33. The summed E-state index contributed by atoms with van der Waals surface area (Å²) in [5.74, 6) is -1.41. The van der Waals surface area contributed by atoms with Crippen molar-refractivity contribution in [2.45, 2.75) is 20.4 Å². The van der Waals surface area contributed by atoms with Crippen molar-refractivity contribution in [1.29, 1.82) is 0 Å². The molecule has 1 heterocycles. The smallest absolute Gasteiger partial charge is 0.255 e. The predicted molar refractivity (Wildman–Crippen MR) is 108 cm³/mol. The average molecular weight is 419 g/mol. The standard InChI is InChI=1S/C20H17ClF2N4O2/c1-11-7-14(4-6-16(11)23)25-20-24-12(2)8-19(29)27(20)10-18(28)26-17-9-13(22)3-5-15(17)21/h3-9H,10H2,1-2H3,(H,24,25)(H,26,28). The summed E-state index contributed by atoms with van der Waals surface area (Å²) in [6.07, 6.45) is 0. The molecule has 0 atom stereocenters. The Balaban J connectivity index is 1.88. The zero-order valence-corrected chi connectivity index (χ0v) is 16.3. The van der Waals surface area contributed by atoms with Gasteiger partial charge in [-0.1, -0.05) is 11.6 Å². The third kappa shape index (κ3) is 4.97. The van der Waals surface area contributed by atoms with Crippen LogP contribution < -0.4 is 16.2 Å². The Morgan fingerprint density at radius 2 is 1.90 bits per heavy atom. The lowest BCUT2D eigenvalue weighted by Gasteiger charge is -2.15. The first-order chi connectivity index (χ1) is 13.7. The van der Waals surface area contributed by atoms with E-state index in [1.807, 2.05) is 0 Å². The van der Waals surface area contributed by atoms with Gasteiger partial charge in [0.2, 0.25) is 11.9 Å². The van der Waals surface area contributed by atoms with Crippen LogP contribution in [-0.2, 0) is 11.3 Å². The molecule has 3 rings (SSSR count). The minimum atomic E-state index is -0.594. The molecule has 0 fully saturated rings. The largest absolute Gasteiger partial charge is 0.326 e. The molecule has 3 aromatic rings. The van der Waals surface area contributed by atoms with E-state index in [2.05, 4.69) is 15.6 Å². The molecule has 0 saturated carbocycles. The Hall–Kier alpha value is -3.26. The summed E-state index contributed by atoms with van der Waals surface area (Å²) in [7, 11) is 0. The number of aryl methyl sites for hydroxylation is 2. The van der Waals surface area contributed by atoms with Crippen molar-refractivity contribution in [1.82, 2.24) is 9.55 Å². The van der Waals surface area contributed by atoms with E-state index < -0.39 is 17.3 Å². The van der Waals surface area contributed by atoms with Gasteiger partial charge in [0.25, 0.3) is 5.56 Å². The van der Waals surface area contributed by atoms with Crippen LogP contribution in [0.2, 0.25) is 5.02 Å². The molecule has 150 valence electrons. The summed E-state index contributed by atoms with van der Waals surface area (Å²) in [6.45, 7) is 2.86. The van der Waals surface area contributed by atoms with Crippen LogP contribution in [0.1, 0.15) is 11.3 Å². The Bertz CT molecular complexity index is 1150. The van der Waals surface area contributed by atoms with Gasteiger partial charge in [-0.15, -0.1) is 0 Å². The highest BCUT2D eigenvalue weighted by Crippen LogP contribution is 2.22. The van der Waals surface area contributed by atoms with Gasteiger partial charge in [-0.05, 0) is 55.8 Å². The minimum Gasteiger partial charge on any atom is -0.326 e. The summed E-state index contributed by atoms with van der Waals surface area (Å²) in [5, 5.41) is 5.57. The first kappa shape index (κ1) is 20.5. The van der Waals surface area contributed by atoms with Crippen molar-refractivity contribution in [2.24, 2.45) is 0 Å². The number of anilines is 3. The topological polar surface area (TPSA) is 76.0 Å². The second-order valence-electron chi connectivity index (χ2n) is 6.41. The van der Waals surface area contributed by atoms with Crippen molar-refractivity contribution in [3.05, 3.63) is 80.7 Å². The van der Waals surface area contributed by atoms with Crippen LogP contribution in [0.4, 0.5) is 26.1 Å². The maximum atomic E-state index is 13.5. The molecule has 2 aromatic carbocycles. The zero-order valence-electron chi connectivity index (χ0n) is 15.6. The molecule has 9 heteroatoms. The molecule has 0 unspecified atom stereocenters. The van der Waals surface area contributed by atoms with E-state index in [1.54, 1.807) is 19.9 Å². The molecule has 1 amide bonds. The monoisotopic (exact) mass is 418 g/mol. The minimum absolute atomic E-state index is 0.0912. The molecular formula is C20H17ClF2N4O2. The number of rotatable bonds is 5. The van der Waals surface area contributed by atoms with Crippen molar-refractivity contribution in [3.8, 4) is 0 Å². The van der Waals surface area contributed by atoms with Crippen LogP contribution >= 0.6 is 11.6 Å².